The Bertz CT molecular complexity index is 951. The normalized spacial score (nSPS) is 13.0. The Morgan fingerprint density at radius 1 is 1.15 bits per heavy atom. The summed E-state index contributed by atoms with van der Waals surface area (Å²) in [7, 11) is 1.62. The molecule has 26 heavy (non-hydrogen) atoms. The lowest BCUT2D eigenvalue weighted by molar-refractivity contribution is 0.0941. The Morgan fingerprint density at radius 2 is 1.85 bits per heavy atom. The number of methoxy groups -OCH3 is 1. The topological polar surface area (TPSA) is 51.5 Å². The SMILES string of the molecule is COc1ccc(C(O)C/C(C)=C/c2cn(C(C)=O)c3ccccc23)cc1. The average molecular weight is 349 g/mol. The third-order valence-corrected chi connectivity index (χ3v) is 4.50. The maximum absolute atomic E-state index is 11.9. The molecule has 0 aliphatic heterocycles. The first-order valence-corrected chi connectivity index (χ1v) is 8.60. The van der Waals surface area contributed by atoms with E-state index in [2.05, 4.69) is 0 Å². The Morgan fingerprint density at radius 3 is 2.50 bits per heavy atom. The van der Waals surface area contributed by atoms with Crippen LogP contribution in [0.5, 0.6) is 5.75 Å². The standard InChI is InChI=1S/C22H23NO3/c1-15(13-22(25)17-8-10-19(26-3)11-9-17)12-18-14-23(16(2)24)21-7-5-4-6-20(18)21/h4-12,14,22,25H,13H2,1-3H3/b15-12+. The molecule has 134 valence electrons. The van der Waals surface area contributed by atoms with Crippen molar-refractivity contribution in [3.8, 4) is 5.75 Å². The Kier molecular flexibility index (Phi) is 5.24. The lowest BCUT2D eigenvalue weighted by Gasteiger charge is -2.12. The van der Waals surface area contributed by atoms with E-state index in [1.807, 2.05) is 67.7 Å². The number of carbonyl (C=O) groups is 1. The van der Waals surface area contributed by atoms with Crippen molar-refractivity contribution in [3.63, 3.8) is 0 Å². The van der Waals surface area contributed by atoms with E-state index >= 15 is 0 Å². The average Bonchev–Trinajstić information content (AvgIpc) is 3.00. The predicted molar refractivity (Wildman–Crippen MR) is 104 cm³/mol. The molecule has 1 atom stereocenters. The van der Waals surface area contributed by atoms with E-state index in [0.29, 0.717) is 6.42 Å². The molecule has 0 aliphatic rings. The van der Waals surface area contributed by atoms with Gasteiger partial charge in [-0.05, 0) is 37.1 Å². The van der Waals surface area contributed by atoms with Gasteiger partial charge in [0.1, 0.15) is 5.75 Å². The van der Waals surface area contributed by atoms with Gasteiger partial charge >= 0.3 is 0 Å². The largest absolute Gasteiger partial charge is 0.497 e. The third kappa shape index (κ3) is 3.70. The summed E-state index contributed by atoms with van der Waals surface area (Å²) in [5.41, 5.74) is 3.77. The smallest absolute Gasteiger partial charge is 0.227 e. The first kappa shape index (κ1) is 18.0. The van der Waals surface area contributed by atoms with Crippen LogP contribution in [-0.4, -0.2) is 22.7 Å². The molecule has 0 saturated carbocycles. The monoisotopic (exact) mass is 349 g/mol. The summed E-state index contributed by atoms with van der Waals surface area (Å²) >= 11 is 0. The Labute approximate surface area is 153 Å². The molecule has 4 nitrogen and oxygen atoms in total. The number of ether oxygens (including phenoxy) is 1. The van der Waals surface area contributed by atoms with Crippen LogP contribution in [0.1, 0.15) is 42.3 Å². The zero-order chi connectivity index (χ0) is 18.7. The van der Waals surface area contributed by atoms with E-state index in [0.717, 1.165) is 33.4 Å². The molecule has 3 aromatic rings. The second-order valence-electron chi connectivity index (χ2n) is 6.47. The second-order valence-corrected chi connectivity index (χ2v) is 6.47. The number of hydrogen-bond acceptors (Lipinski definition) is 3. The van der Waals surface area contributed by atoms with E-state index in [9.17, 15) is 9.90 Å². The lowest BCUT2D eigenvalue weighted by atomic mass is 10.0. The molecule has 1 N–H and O–H groups in total. The fourth-order valence-corrected chi connectivity index (χ4v) is 3.15. The number of carbonyl (C=O) groups excluding carboxylic acids is 1. The van der Waals surface area contributed by atoms with Crippen LogP contribution in [0.25, 0.3) is 17.0 Å². The van der Waals surface area contributed by atoms with E-state index in [1.165, 1.54) is 0 Å². The molecule has 2 aromatic carbocycles. The van der Waals surface area contributed by atoms with Gasteiger partial charge in [0.15, 0.2) is 0 Å². The van der Waals surface area contributed by atoms with Gasteiger partial charge in [-0.2, -0.15) is 0 Å². The van der Waals surface area contributed by atoms with Crippen molar-refractivity contribution in [3.05, 3.63) is 71.4 Å². The van der Waals surface area contributed by atoms with Crippen molar-refractivity contribution in [2.24, 2.45) is 0 Å². The van der Waals surface area contributed by atoms with Crippen LogP contribution in [0.15, 0.2) is 60.3 Å². The van der Waals surface area contributed by atoms with Crippen LogP contribution in [0.3, 0.4) is 0 Å². The molecule has 0 fully saturated rings. The highest BCUT2D eigenvalue weighted by molar-refractivity contribution is 5.96. The molecular formula is C22H23NO3. The van der Waals surface area contributed by atoms with Crippen LogP contribution in [0, 0.1) is 0 Å². The van der Waals surface area contributed by atoms with E-state index in [-0.39, 0.29) is 5.91 Å². The molecule has 1 heterocycles. The van der Waals surface area contributed by atoms with Crippen molar-refractivity contribution in [1.29, 1.82) is 0 Å². The van der Waals surface area contributed by atoms with Gasteiger partial charge in [0.25, 0.3) is 0 Å². The summed E-state index contributed by atoms with van der Waals surface area (Å²) in [4.78, 5) is 11.9. The fourth-order valence-electron chi connectivity index (χ4n) is 3.15. The zero-order valence-corrected chi connectivity index (χ0v) is 15.3. The molecule has 0 spiro atoms. The minimum Gasteiger partial charge on any atom is -0.497 e. The fraction of sp³-hybridized carbons (Fsp3) is 0.227. The van der Waals surface area contributed by atoms with Gasteiger partial charge in [-0.15, -0.1) is 0 Å². The number of aliphatic hydroxyl groups is 1. The molecule has 0 saturated heterocycles. The van der Waals surface area contributed by atoms with Gasteiger partial charge in [-0.1, -0.05) is 42.0 Å². The molecule has 0 amide bonds. The molecule has 0 aliphatic carbocycles. The molecule has 3 rings (SSSR count). The van der Waals surface area contributed by atoms with Gasteiger partial charge in [-0.3, -0.25) is 9.36 Å². The third-order valence-electron chi connectivity index (χ3n) is 4.50. The first-order chi connectivity index (χ1) is 12.5. The van der Waals surface area contributed by atoms with Gasteiger partial charge < -0.3 is 9.84 Å². The van der Waals surface area contributed by atoms with Crippen molar-refractivity contribution in [1.82, 2.24) is 4.57 Å². The van der Waals surface area contributed by atoms with Crippen molar-refractivity contribution < 1.29 is 14.6 Å². The second kappa shape index (κ2) is 7.58. The van der Waals surface area contributed by atoms with E-state index in [1.54, 1.807) is 18.6 Å². The highest BCUT2D eigenvalue weighted by Crippen LogP contribution is 2.27. The summed E-state index contributed by atoms with van der Waals surface area (Å²) in [6.45, 7) is 3.55. The van der Waals surface area contributed by atoms with Crippen LogP contribution in [0.2, 0.25) is 0 Å². The summed E-state index contributed by atoms with van der Waals surface area (Å²) < 4.78 is 6.81. The molecular weight excluding hydrogens is 326 g/mol. The van der Waals surface area contributed by atoms with Crippen LogP contribution < -0.4 is 4.74 Å². The van der Waals surface area contributed by atoms with Gasteiger partial charge in [0, 0.05) is 24.1 Å². The van der Waals surface area contributed by atoms with Gasteiger partial charge in [0.05, 0.1) is 18.7 Å². The number of hydrogen-bond donors (Lipinski definition) is 1. The Hall–Kier alpha value is -2.85. The number of benzene rings is 2. The lowest BCUT2D eigenvalue weighted by Crippen LogP contribution is -2.02. The van der Waals surface area contributed by atoms with Crippen molar-refractivity contribution in [2.45, 2.75) is 26.4 Å². The summed E-state index contributed by atoms with van der Waals surface area (Å²) in [6, 6.07) is 15.3. The molecule has 1 unspecified atom stereocenters. The Balaban J connectivity index is 1.85. The number of rotatable bonds is 5. The highest BCUT2D eigenvalue weighted by atomic mass is 16.5. The minimum atomic E-state index is -0.585. The van der Waals surface area contributed by atoms with E-state index in [4.69, 9.17) is 4.74 Å². The highest BCUT2D eigenvalue weighted by Gasteiger charge is 2.12. The maximum atomic E-state index is 11.9. The van der Waals surface area contributed by atoms with Crippen molar-refractivity contribution in [2.75, 3.05) is 7.11 Å². The summed E-state index contributed by atoms with van der Waals surface area (Å²) in [5.74, 6) is 0.752. The molecule has 1 aromatic heterocycles. The number of para-hydroxylation sites is 1. The zero-order valence-electron chi connectivity index (χ0n) is 15.3. The first-order valence-electron chi connectivity index (χ1n) is 8.60. The number of fused-ring (bicyclic) bond motifs is 1. The van der Waals surface area contributed by atoms with E-state index < -0.39 is 6.10 Å². The van der Waals surface area contributed by atoms with Crippen molar-refractivity contribution >= 4 is 22.9 Å². The summed E-state index contributed by atoms with van der Waals surface area (Å²) in [6.07, 6.45) is 3.83. The molecule has 4 heteroatoms. The quantitative estimate of drug-likeness (QED) is 0.717. The maximum Gasteiger partial charge on any atom is 0.227 e. The molecule has 0 bridgehead atoms. The van der Waals surface area contributed by atoms with Gasteiger partial charge in [0.2, 0.25) is 5.91 Å². The predicted octanol–water partition coefficient (Wildman–Crippen LogP) is 4.84. The van der Waals surface area contributed by atoms with Crippen LogP contribution in [-0.2, 0) is 0 Å². The molecule has 0 radical (unpaired) electrons. The van der Waals surface area contributed by atoms with Crippen LogP contribution >= 0.6 is 0 Å². The summed E-state index contributed by atoms with van der Waals surface area (Å²) in [5, 5.41) is 11.5. The minimum absolute atomic E-state index is 0.0169. The van der Waals surface area contributed by atoms with Crippen LogP contribution in [0.4, 0.5) is 0 Å². The number of aliphatic hydroxyl groups excluding tert-OH is 1. The van der Waals surface area contributed by atoms with Gasteiger partial charge in [-0.25, -0.2) is 0 Å². The number of nitrogens with zero attached hydrogens (tertiary/aromatic N) is 1. The number of aromatic nitrogens is 1.